The van der Waals surface area contributed by atoms with Gasteiger partial charge in [-0.15, -0.1) is 0 Å². The number of rotatable bonds is 9. The van der Waals surface area contributed by atoms with Crippen LogP contribution in [0.1, 0.15) is 53.4 Å². The molecule has 19 heavy (non-hydrogen) atoms. The lowest BCUT2D eigenvalue weighted by molar-refractivity contribution is 0.170. The second-order valence-electron chi connectivity index (χ2n) is 6.68. The molecule has 3 heteroatoms. The molecular formula is C16H31N3. The lowest BCUT2D eigenvalue weighted by atomic mass is 9.92. The van der Waals surface area contributed by atoms with Gasteiger partial charge >= 0.3 is 0 Å². The van der Waals surface area contributed by atoms with Gasteiger partial charge in [-0.2, -0.15) is 5.26 Å². The quantitative estimate of drug-likeness (QED) is 0.696. The van der Waals surface area contributed by atoms with E-state index in [-0.39, 0.29) is 5.54 Å². The minimum absolute atomic E-state index is 0.323. The molecule has 1 aliphatic carbocycles. The summed E-state index contributed by atoms with van der Waals surface area (Å²) in [5, 5.41) is 13.2. The highest BCUT2D eigenvalue weighted by Crippen LogP contribution is 2.40. The first-order valence-corrected chi connectivity index (χ1v) is 7.81. The number of likely N-dealkylation sites (N-methyl/N-ethyl adjacent to an activating group) is 1. The first-order chi connectivity index (χ1) is 8.95. The van der Waals surface area contributed by atoms with Gasteiger partial charge in [0.15, 0.2) is 0 Å². The molecule has 2 atom stereocenters. The van der Waals surface area contributed by atoms with Crippen LogP contribution in [0.5, 0.6) is 0 Å². The average molecular weight is 265 g/mol. The van der Waals surface area contributed by atoms with Gasteiger partial charge < -0.3 is 4.90 Å². The predicted octanol–water partition coefficient (Wildman–Crippen LogP) is 3.02. The fraction of sp³-hybridized carbons (Fsp3) is 0.938. The molecule has 3 nitrogen and oxygen atoms in total. The molecule has 0 aromatic heterocycles. The molecule has 1 fully saturated rings. The second kappa shape index (κ2) is 7.26. The number of hydrogen-bond donors (Lipinski definition) is 1. The van der Waals surface area contributed by atoms with Crippen molar-refractivity contribution in [2.45, 2.75) is 65.0 Å². The van der Waals surface area contributed by atoms with Crippen LogP contribution < -0.4 is 5.32 Å². The van der Waals surface area contributed by atoms with Crippen molar-refractivity contribution in [1.82, 2.24) is 10.2 Å². The summed E-state index contributed by atoms with van der Waals surface area (Å²) >= 11 is 0. The van der Waals surface area contributed by atoms with Crippen molar-refractivity contribution in [3.05, 3.63) is 0 Å². The van der Waals surface area contributed by atoms with Gasteiger partial charge in [0, 0.05) is 12.6 Å². The van der Waals surface area contributed by atoms with Crippen molar-refractivity contribution in [3.63, 3.8) is 0 Å². The Hall–Kier alpha value is -0.590. The topological polar surface area (TPSA) is 39.1 Å². The molecule has 1 rings (SSSR count). The maximum atomic E-state index is 9.69. The largest absolute Gasteiger partial charge is 0.301 e. The smallest absolute Gasteiger partial charge is 0.122 e. The molecule has 0 aromatic carbocycles. The van der Waals surface area contributed by atoms with Crippen molar-refractivity contribution in [1.29, 1.82) is 5.26 Å². The average Bonchev–Trinajstić information content (AvgIpc) is 3.18. The SMILES string of the molecule is CCCNC(C#N)(CN(C)C(C)CC(C)C)C1CC1. The Balaban J connectivity index is 2.63. The first-order valence-electron chi connectivity index (χ1n) is 7.81. The molecule has 0 radical (unpaired) electrons. The summed E-state index contributed by atoms with van der Waals surface area (Å²) in [6, 6.07) is 3.14. The summed E-state index contributed by atoms with van der Waals surface area (Å²) < 4.78 is 0. The van der Waals surface area contributed by atoms with Crippen LogP contribution in [0.15, 0.2) is 0 Å². The molecule has 1 aliphatic rings. The van der Waals surface area contributed by atoms with Gasteiger partial charge in [-0.1, -0.05) is 20.8 Å². The van der Waals surface area contributed by atoms with E-state index in [2.05, 4.69) is 51.0 Å². The predicted molar refractivity (Wildman–Crippen MR) is 80.9 cm³/mol. The van der Waals surface area contributed by atoms with Gasteiger partial charge in [0.2, 0.25) is 0 Å². The summed E-state index contributed by atoms with van der Waals surface area (Å²) in [5.74, 6) is 1.26. The number of nitrogens with one attached hydrogen (secondary N) is 1. The number of nitrogens with zero attached hydrogens (tertiary/aromatic N) is 2. The van der Waals surface area contributed by atoms with Crippen LogP contribution in [-0.4, -0.2) is 36.6 Å². The Labute approximate surface area is 119 Å². The third kappa shape index (κ3) is 4.78. The third-order valence-electron chi connectivity index (χ3n) is 4.23. The van der Waals surface area contributed by atoms with Crippen LogP contribution >= 0.6 is 0 Å². The van der Waals surface area contributed by atoms with E-state index in [0.717, 1.165) is 19.5 Å². The maximum absolute atomic E-state index is 9.69. The normalized spacial score (nSPS) is 20.3. The number of nitriles is 1. The van der Waals surface area contributed by atoms with E-state index in [4.69, 9.17) is 0 Å². The van der Waals surface area contributed by atoms with Gasteiger partial charge in [-0.3, -0.25) is 5.32 Å². The van der Waals surface area contributed by atoms with Crippen molar-refractivity contribution < 1.29 is 0 Å². The van der Waals surface area contributed by atoms with E-state index in [9.17, 15) is 5.26 Å². The summed E-state index contributed by atoms with van der Waals surface area (Å²) in [6.07, 6.45) is 4.69. The highest BCUT2D eigenvalue weighted by Gasteiger charge is 2.46. The third-order valence-corrected chi connectivity index (χ3v) is 4.23. The van der Waals surface area contributed by atoms with Crippen LogP contribution in [0.3, 0.4) is 0 Å². The van der Waals surface area contributed by atoms with Crippen molar-refractivity contribution in [2.24, 2.45) is 11.8 Å². The van der Waals surface area contributed by atoms with E-state index in [0.29, 0.717) is 17.9 Å². The van der Waals surface area contributed by atoms with E-state index in [1.807, 2.05) is 0 Å². The molecule has 2 unspecified atom stereocenters. The van der Waals surface area contributed by atoms with Crippen molar-refractivity contribution >= 4 is 0 Å². The molecule has 0 aromatic rings. The zero-order chi connectivity index (χ0) is 14.5. The summed E-state index contributed by atoms with van der Waals surface area (Å²) in [6.45, 7) is 10.7. The minimum atomic E-state index is -0.323. The first kappa shape index (κ1) is 16.5. The Morgan fingerprint density at radius 2 is 2.00 bits per heavy atom. The summed E-state index contributed by atoms with van der Waals surface area (Å²) in [4.78, 5) is 2.37. The zero-order valence-corrected chi connectivity index (χ0v) is 13.4. The van der Waals surface area contributed by atoms with E-state index in [1.54, 1.807) is 0 Å². The van der Waals surface area contributed by atoms with E-state index < -0.39 is 0 Å². The van der Waals surface area contributed by atoms with Gasteiger partial charge in [0.25, 0.3) is 0 Å². The summed E-state index contributed by atoms with van der Waals surface area (Å²) in [5.41, 5.74) is -0.323. The standard InChI is InChI=1S/C16H31N3/c1-6-9-18-16(11-17,15-7-8-15)12-19(5)14(4)10-13(2)3/h13-15,18H,6-10,12H2,1-5H3. The molecular weight excluding hydrogens is 234 g/mol. The van der Waals surface area contributed by atoms with E-state index in [1.165, 1.54) is 19.3 Å². The van der Waals surface area contributed by atoms with Gasteiger partial charge in [0.05, 0.1) is 6.07 Å². The Morgan fingerprint density at radius 1 is 1.37 bits per heavy atom. The van der Waals surface area contributed by atoms with Gasteiger partial charge in [-0.25, -0.2) is 0 Å². The van der Waals surface area contributed by atoms with Crippen LogP contribution in [0.4, 0.5) is 0 Å². The fourth-order valence-corrected chi connectivity index (χ4v) is 2.83. The van der Waals surface area contributed by atoms with Crippen LogP contribution in [0.2, 0.25) is 0 Å². The molecule has 0 bridgehead atoms. The van der Waals surface area contributed by atoms with Crippen molar-refractivity contribution in [2.75, 3.05) is 20.1 Å². The van der Waals surface area contributed by atoms with Crippen LogP contribution in [-0.2, 0) is 0 Å². The summed E-state index contributed by atoms with van der Waals surface area (Å²) in [7, 11) is 2.16. The number of hydrogen-bond acceptors (Lipinski definition) is 3. The molecule has 110 valence electrons. The maximum Gasteiger partial charge on any atom is 0.122 e. The lowest BCUT2D eigenvalue weighted by Crippen LogP contribution is -2.55. The Bertz CT molecular complexity index is 304. The molecule has 0 spiro atoms. The molecule has 0 heterocycles. The minimum Gasteiger partial charge on any atom is -0.301 e. The molecule has 1 saturated carbocycles. The van der Waals surface area contributed by atoms with Crippen LogP contribution in [0.25, 0.3) is 0 Å². The Morgan fingerprint density at radius 3 is 2.42 bits per heavy atom. The zero-order valence-electron chi connectivity index (χ0n) is 13.4. The highest BCUT2D eigenvalue weighted by atomic mass is 15.2. The molecule has 0 saturated heterocycles. The van der Waals surface area contributed by atoms with Crippen LogP contribution in [0, 0.1) is 23.2 Å². The molecule has 0 aliphatic heterocycles. The molecule has 1 N–H and O–H groups in total. The Kier molecular flexibility index (Phi) is 6.29. The highest BCUT2D eigenvalue weighted by molar-refractivity contribution is 5.16. The second-order valence-corrected chi connectivity index (χ2v) is 6.68. The van der Waals surface area contributed by atoms with Gasteiger partial charge in [0.1, 0.15) is 5.54 Å². The van der Waals surface area contributed by atoms with E-state index >= 15 is 0 Å². The monoisotopic (exact) mass is 265 g/mol. The molecule has 0 amide bonds. The lowest BCUT2D eigenvalue weighted by Gasteiger charge is -2.36. The van der Waals surface area contributed by atoms with Crippen molar-refractivity contribution in [3.8, 4) is 6.07 Å². The fourth-order valence-electron chi connectivity index (χ4n) is 2.83. The van der Waals surface area contributed by atoms with Gasteiger partial charge in [-0.05, 0) is 58.0 Å².